The van der Waals surface area contributed by atoms with Crippen molar-refractivity contribution in [1.29, 1.82) is 0 Å². The topological polar surface area (TPSA) is 93.8 Å². The van der Waals surface area contributed by atoms with Crippen molar-refractivity contribution in [1.82, 2.24) is 5.43 Å². The fourth-order valence-corrected chi connectivity index (χ4v) is 2.12. The third-order valence-corrected chi connectivity index (χ3v) is 3.81. The third kappa shape index (κ3) is 5.44. The average molecular weight is 382 g/mol. The first-order valence-corrected chi connectivity index (χ1v) is 7.77. The van der Waals surface area contributed by atoms with Crippen LogP contribution in [-0.4, -0.2) is 23.7 Å². The van der Waals surface area contributed by atoms with Gasteiger partial charge in [-0.1, -0.05) is 29.3 Å². The lowest BCUT2D eigenvalue weighted by Crippen LogP contribution is -2.24. The Balaban J connectivity index is 1.89. The van der Waals surface area contributed by atoms with Gasteiger partial charge < -0.3 is 4.74 Å². The van der Waals surface area contributed by atoms with E-state index in [0.29, 0.717) is 16.3 Å². The maximum atomic E-state index is 11.7. The number of amides is 1. The standard InChI is InChI=1S/C16H13Cl2N3O4/c1-10-6-12(3-5-13(10)17)25-9-16(22)20-19-8-11-2-4-14(18)15(7-11)21(23)24/h2-8H,9H2,1H3,(H,20,22)/b19-8-. The molecular formula is C16H13Cl2N3O4. The van der Waals surface area contributed by atoms with E-state index in [1.165, 1.54) is 24.4 Å². The van der Waals surface area contributed by atoms with Gasteiger partial charge in [-0.25, -0.2) is 5.43 Å². The van der Waals surface area contributed by atoms with Crippen LogP contribution in [0, 0.1) is 17.0 Å². The minimum absolute atomic E-state index is 0.0258. The minimum Gasteiger partial charge on any atom is -0.484 e. The van der Waals surface area contributed by atoms with Gasteiger partial charge in [-0.3, -0.25) is 14.9 Å². The molecule has 0 bridgehead atoms. The zero-order chi connectivity index (χ0) is 18.4. The van der Waals surface area contributed by atoms with E-state index in [9.17, 15) is 14.9 Å². The third-order valence-electron chi connectivity index (χ3n) is 3.07. The molecule has 2 aromatic carbocycles. The fraction of sp³-hybridized carbons (Fsp3) is 0.125. The van der Waals surface area contributed by atoms with Crippen molar-refractivity contribution in [3.63, 3.8) is 0 Å². The number of rotatable bonds is 6. The van der Waals surface area contributed by atoms with Gasteiger partial charge in [-0.15, -0.1) is 0 Å². The summed E-state index contributed by atoms with van der Waals surface area (Å²) in [6.45, 7) is 1.59. The summed E-state index contributed by atoms with van der Waals surface area (Å²) in [7, 11) is 0. The van der Waals surface area contributed by atoms with Gasteiger partial charge in [0.25, 0.3) is 11.6 Å². The Bertz CT molecular complexity index is 840. The van der Waals surface area contributed by atoms with Crippen LogP contribution in [0.2, 0.25) is 10.0 Å². The molecule has 7 nitrogen and oxygen atoms in total. The van der Waals surface area contributed by atoms with Crippen molar-refractivity contribution >= 4 is 41.0 Å². The summed E-state index contributed by atoms with van der Waals surface area (Å²) in [4.78, 5) is 21.9. The molecule has 0 saturated heterocycles. The van der Waals surface area contributed by atoms with E-state index in [0.717, 1.165) is 5.56 Å². The van der Waals surface area contributed by atoms with Gasteiger partial charge in [-0.05, 0) is 36.8 Å². The molecule has 0 aliphatic rings. The molecule has 0 aromatic heterocycles. The van der Waals surface area contributed by atoms with E-state index in [4.69, 9.17) is 27.9 Å². The van der Waals surface area contributed by atoms with Crippen LogP contribution in [0.25, 0.3) is 0 Å². The molecule has 0 fully saturated rings. The smallest absolute Gasteiger partial charge is 0.288 e. The number of nitrogens with zero attached hydrogens (tertiary/aromatic N) is 2. The van der Waals surface area contributed by atoms with E-state index in [-0.39, 0.29) is 17.3 Å². The maximum absolute atomic E-state index is 11.7. The molecule has 25 heavy (non-hydrogen) atoms. The zero-order valence-corrected chi connectivity index (χ0v) is 14.5. The average Bonchev–Trinajstić information content (AvgIpc) is 2.57. The number of carbonyl (C=O) groups excluding carboxylic acids is 1. The van der Waals surface area contributed by atoms with Crippen molar-refractivity contribution < 1.29 is 14.5 Å². The monoisotopic (exact) mass is 381 g/mol. The molecule has 0 saturated carbocycles. The van der Waals surface area contributed by atoms with Crippen LogP contribution in [0.4, 0.5) is 5.69 Å². The highest BCUT2D eigenvalue weighted by Gasteiger charge is 2.11. The molecule has 2 aromatic rings. The molecule has 2 rings (SSSR count). The lowest BCUT2D eigenvalue weighted by Gasteiger charge is -2.06. The summed E-state index contributed by atoms with van der Waals surface area (Å²) in [5.74, 6) is 0.0293. The lowest BCUT2D eigenvalue weighted by molar-refractivity contribution is -0.384. The molecule has 0 radical (unpaired) electrons. The van der Waals surface area contributed by atoms with Crippen LogP contribution < -0.4 is 10.2 Å². The molecule has 0 atom stereocenters. The summed E-state index contributed by atoms with van der Waals surface area (Å²) >= 11 is 11.6. The molecule has 0 aliphatic heterocycles. The molecule has 0 heterocycles. The highest BCUT2D eigenvalue weighted by molar-refractivity contribution is 6.32. The van der Waals surface area contributed by atoms with Gasteiger partial charge in [0, 0.05) is 16.7 Å². The number of nitrogens with one attached hydrogen (secondary N) is 1. The SMILES string of the molecule is Cc1cc(OCC(=O)N/N=C\c2ccc(Cl)c([N+](=O)[O-])c2)ccc1Cl. The largest absolute Gasteiger partial charge is 0.484 e. The number of halogens is 2. The van der Waals surface area contributed by atoms with E-state index in [2.05, 4.69) is 10.5 Å². The quantitative estimate of drug-likeness (QED) is 0.468. The summed E-state index contributed by atoms with van der Waals surface area (Å²) in [5, 5.41) is 15.2. The molecule has 9 heteroatoms. The Hall–Kier alpha value is -2.64. The van der Waals surface area contributed by atoms with Crippen molar-refractivity contribution in [3.8, 4) is 5.75 Å². The normalized spacial score (nSPS) is 10.7. The number of nitro benzene ring substituents is 1. The summed E-state index contributed by atoms with van der Waals surface area (Å²) in [5.41, 5.74) is 3.29. The molecule has 130 valence electrons. The second kappa shape index (κ2) is 8.46. The van der Waals surface area contributed by atoms with Gasteiger partial charge >= 0.3 is 0 Å². The number of carbonyl (C=O) groups is 1. The predicted octanol–water partition coefficient (Wildman–Crippen LogP) is 3.74. The number of hydrazone groups is 1. The van der Waals surface area contributed by atoms with Crippen LogP contribution in [-0.2, 0) is 4.79 Å². The fourth-order valence-electron chi connectivity index (χ4n) is 1.82. The number of hydrogen-bond donors (Lipinski definition) is 1. The number of aryl methyl sites for hydroxylation is 1. The Labute approximate surface area is 153 Å². The van der Waals surface area contributed by atoms with E-state index < -0.39 is 10.8 Å². The van der Waals surface area contributed by atoms with E-state index in [1.807, 2.05) is 6.92 Å². The van der Waals surface area contributed by atoms with Crippen LogP contribution in [0.1, 0.15) is 11.1 Å². The Morgan fingerprint density at radius 2 is 2.00 bits per heavy atom. The molecule has 0 spiro atoms. The highest BCUT2D eigenvalue weighted by atomic mass is 35.5. The van der Waals surface area contributed by atoms with Gasteiger partial charge in [0.15, 0.2) is 6.61 Å². The Morgan fingerprint density at radius 1 is 1.28 bits per heavy atom. The predicted molar refractivity (Wildman–Crippen MR) is 95.5 cm³/mol. The van der Waals surface area contributed by atoms with E-state index in [1.54, 1.807) is 18.2 Å². The van der Waals surface area contributed by atoms with Crippen LogP contribution >= 0.6 is 23.2 Å². The van der Waals surface area contributed by atoms with Gasteiger partial charge in [-0.2, -0.15) is 5.10 Å². The highest BCUT2D eigenvalue weighted by Crippen LogP contribution is 2.24. The first-order valence-electron chi connectivity index (χ1n) is 7.01. The molecule has 0 aliphatic carbocycles. The van der Waals surface area contributed by atoms with Crippen molar-refractivity contribution in [2.75, 3.05) is 6.61 Å². The first kappa shape index (κ1) is 18.7. The maximum Gasteiger partial charge on any atom is 0.288 e. The second-order valence-corrected chi connectivity index (χ2v) is 5.78. The number of nitro groups is 1. The van der Waals surface area contributed by atoms with Crippen molar-refractivity contribution in [2.24, 2.45) is 5.10 Å². The lowest BCUT2D eigenvalue weighted by atomic mass is 10.2. The number of ether oxygens (including phenoxy) is 1. The van der Waals surface area contributed by atoms with Gasteiger partial charge in [0.2, 0.25) is 0 Å². The first-order chi connectivity index (χ1) is 11.9. The van der Waals surface area contributed by atoms with E-state index >= 15 is 0 Å². The summed E-state index contributed by atoms with van der Waals surface area (Å²) < 4.78 is 5.32. The zero-order valence-electron chi connectivity index (χ0n) is 13.0. The van der Waals surface area contributed by atoms with Crippen molar-refractivity contribution in [2.45, 2.75) is 6.92 Å². The molecular weight excluding hydrogens is 369 g/mol. The van der Waals surface area contributed by atoms with Crippen LogP contribution in [0.5, 0.6) is 5.75 Å². The van der Waals surface area contributed by atoms with Gasteiger partial charge in [0.1, 0.15) is 10.8 Å². The summed E-state index contributed by atoms with van der Waals surface area (Å²) in [6, 6.07) is 9.22. The Kier molecular flexibility index (Phi) is 6.32. The minimum atomic E-state index is -0.597. The second-order valence-electron chi connectivity index (χ2n) is 4.96. The molecule has 1 N–H and O–H groups in total. The Morgan fingerprint density at radius 3 is 2.68 bits per heavy atom. The molecule has 0 unspecified atom stereocenters. The van der Waals surface area contributed by atoms with Crippen LogP contribution in [0.3, 0.4) is 0 Å². The van der Waals surface area contributed by atoms with Crippen LogP contribution in [0.15, 0.2) is 41.5 Å². The molecule has 1 amide bonds. The number of hydrogen-bond acceptors (Lipinski definition) is 5. The number of benzene rings is 2. The van der Waals surface area contributed by atoms with Gasteiger partial charge in [0.05, 0.1) is 11.1 Å². The summed E-state index contributed by atoms with van der Waals surface area (Å²) in [6.07, 6.45) is 1.27. The van der Waals surface area contributed by atoms with Crippen molar-refractivity contribution in [3.05, 3.63) is 67.7 Å².